The van der Waals surface area contributed by atoms with Crippen molar-refractivity contribution in [2.75, 3.05) is 6.61 Å². The number of nitrogens with zero attached hydrogens (tertiary/aromatic N) is 3. The van der Waals surface area contributed by atoms with Gasteiger partial charge >= 0.3 is 0 Å². The van der Waals surface area contributed by atoms with Gasteiger partial charge in [-0.2, -0.15) is 0 Å². The van der Waals surface area contributed by atoms with Crippen molar-refractivity contribution in [2.45, 2.75) is 69.5 Å². The topological polar surface area (TPSA) is 60.2 Å². The minimum absolute atomic E-state index is 0.0298. The van der Waals surface area contributed by atoms with Crippen molar-refractivity contribution in [3.63, 3.8) is 0 Å². The number of aliphatic hydroxyl groups excluding tert-OH is 1. The molecule has 1 saturated heterocycles. The lowest BCUT2D eigenvalue weighted by Crippen LogP contribution is -2.36. The van der Waals surface area contributed by atoms with Crippen LogP contribution in [0.4, 0.5) is 4.11 Å². The average molecular weight is 608 g/mol. The monoisotopic (exact) mass is 607 g/mol. The summed E-state index contributed by atoms with van der Waals surface area (Å²) in [5.74, 6) is -0.0121. The molecule has 188 valence electrons. The van der Waals surface area contributed by atoms with E-state index in [0.29, 0.717) is 13.0 Å². The molecule has 4 rings (SSSR count). The molecule has 0 spiro atoms. The highest BCUT2D eigenvalue weighted by Gasteiger charge is 2.50. The Bertz CT molecular complexity index is 1070. The van der Waals surface area contributed by atoms with Gasteiger partial charge in [-0.3, -0.25) is 4.68 Å². The van der Waals surface area contributed by atoms with E-state index >= 15 is 4.11 Å². The fourth-order valence-electron chi connectivity index (χ4n) is 5.51. The molecule has 1 unspecified atom stereocenters. The summed E-state index contributed by atoms with van der Waals surface area (Å²) in [7, 11) is -2.91. The second kappa shape index (κ2) is 11.6. The highest BCUT2D eigenvalue weighted by molar-refractivity contribution is 14.1. The zero-order valence-electron chi connectivity index (χ0n) is 20.6. The van der Waals surface area contributed by atoms with Crippen molar-refractivity contribution in [1.29, 1.82) is 0 Å². The normalized spacial score (nSPS) is 23.5. The number of ether oxygens (including phenoxy) is 1. The van der Waals surface area contributed by atoms with Gasteiger partial charge in [-0.15, -0.1) is 5.10 Å². The fourth-order valence-corrected chi connectivity index (χ4v) is 8.46. The molecule has 0 amide bonds. The molecule has 5 atom stereocenters. The molecule has 1 aliphatic heterocycles. The van der Waals surface area contributed by atoms with E-state index in [2.05, 4.69) is 64.1 Å². The van der Waals surface area contributed by atoms with Gasteiger partial charge in [-0.05, 0) is 84.1 Å². The van der Waals surface area contributed by atoms with E-state index in [0.717, 1.165) is 24.1 Å². The predicted molar refractivity (Wildman–Crippen MR) is 148 cm³/mol. The number of aromatic nitrogens is 3. The first-order chi connectivity index (χ1) is 16.8. The van der Waals surface area contributed by atoms with Crippen LogP contribution >= 0.6 is 22.6 Å². The quantitative estimate of drug-likeness (QED) is 0.175. The summed E-state index contributed by atoms with van der Waals surface area (Å²) in [5, 5.41) is 18.6. The number of benzene rings is 2. The molecule has 0 aliphatic carbocycles. The summed E-state index contributed by atoms with van der Waals surface area (Å²) in [5.41, 5.74) is 3.01. The molecular formula is C27H35FIN3O2Si. The molecule has 0 radical (unpaired) electrons. The van der Waals surface area contributed by atoms with E-state index in [9.17, 15) is 5.11 Å². The van der Waals surface area contributed by atoms with Crippen molar-refractivity contribution >= 4 is 31.0 Å². The molecule has 0 bridgehead atoms. The van der Waals surface area contributed by atoms with E-state index in [1.54, 1.807) is 4.68 Å². The van der Waals surface area contributed by atoms with Crippen molar-refractivity contribution in [1.82, 2.24) is 15.0 Å². The average Bonchev–Trinajstić information content (AvgIpc) is 3.42. The maximum Gasteiger partial charge on any atom is 0.246 e. The van der Waals surface area contributed by atoms with Crippen molar-refractivity contribution in [2.24, 2.45) is 5.92 Å². The number of rotatable bonds is 10. The van der Waals surface area contributed by atoms with Gasteiger partial charge in [0, 0.05) is 21.9 Å². The van der Waals surface area contributed by atoms with Gasteiger partial charge in [-0.1, -0.05) is 54.6 Å². The van der Waals surface area contributed by atoms with Crippen LogP contribution in [0.1, 0.15) is 42.5 Å². The summed E-state index contributed by atoms with van der Waals surface area (Å²) in [6.45, 7) is 6.37. The first kappa shape index (κ1) is 26.4. The lowest BCUT2D eigenvalue weighted by Gasteiger charge is -2.28. The van der Waals surface area contributed by atoms with Gasteiger partial charge in [0.1, 0.15) is 0 Å². The lowest BCUT2D eigenvalue weighted by molar-refractivity contribution is 0.0247. The predicted octanol–water partition coefficient (Wildman–Crippen LogP) is 5.98. The van der Waals surface area contributed by atoms with Crippen LogP contribution in [0.3, 0.4) is 0 Å². The number of halogens is 2. The SMILES string of the molecule is C[C@H]1[C@H]([Si](C)(C)F)[C@@H](CCn2cc(C(CO)c3ccccc3)nn2)O[C@H]1CCc1ccc(I)cc1. The molecule has 1 N–H and O–H groups in total. The highest BCUT2D eigenvalue weighted by Crippen LogP contribution is 2.47. The van der Waals surface area contributed by atoms with Crippen molar-refractivity contribution in [3.05, 3.63) is 81.2 Å². The maximum atomic E-state index is 15.4. The highest BCUT2D eigenvalue weighted by atomic mass is 127. The van der Waals surface area contributed by atoms with Crippen LogP contribution in [-0.2, 0) is 17.7 Å². The minimum atomic E-state index is -2.91. The molecule has 8 heteroatoms. The standard InChI is InChI=1S/C27H35FIN3O2Si/c1-19-25(14-11-20-9-12-22(29)13-10-20)34-26(27(19)35(2,3)28)15-16-32-17-24(30-31-32)23(18-33)21-7-5-4-6-8-21/h4-10,12-13,17,19,23,25-27,33H,11,14-16,18H2,1-3H3/t19-,23?,25+,26-,27+/m1/s1. The molecule has 2 heterocycles. The van der Waals surface area contributed by atoms with E-state index < -0.39 is 8.41 Å². The van der Waals surface area contributed by atoms with Crippen LogP contribution in [-0.4, -0.2) is 47.3 Å². The van der Waals surface area contributed by atoms with Gasteiger partial charge in [0.15, 0.2) is 0 Å². The molecule has 1 aromatic heterocycles. The van der Waals surface area contributed by atoms with Gasteiger partial charge in [-0.25, -0.2) is 0 Å². The Kier molecular flexibility index (Phi) is 8.78. The first-order valence-corrected chi connectivity index (χ1v) is 16.4. The Morgan fingerprint density at radius 3 is 2.46 bits per heavy atom. The van der Waals surface area contributed by atoms with Crippen LogP contribution in [0.2, 0.25) is 18.6 Å². The van der Waals surface area contributed by atoms with Crippen LogP contribution < -0.4 is 0 Å². The third kappa shape index (κ3) is 6.58. The van der Waals surface area contributed by atoms with Crippen LogP contribution in [0, 0.1) is 9.49 Å². The second-order valence-electron chi connectivity index (χ2n) is 10.2. The Morgan fingerprint density at radius 1 is 1.09 bits per heavy atom. The summed E-state index contributed by atoms with van der Waals surface area (Å²) >= 11 is 2.32. The molecule has 1 aliphatic rings. The number of hydrogen-bond acceptors (Lipinski definition) is 4. The third-order valence-corrected chi connectivity index (χ3v) is 10.5. The molecule has 2 aromatic carbocycles. The van der Waals surface area contributed by atoms with Crippen LogP contribution in [0.25, 0.3) is 0 Å². The molecule has 5 nitrogen and oxygen atoms in total. The third-order valence-electron chi connectivity index (χ3n) is 7.27. The van der Waals surface area contributed by atoms with Crippen molar-refractivity contribution < 1.29 is 14.0 Å². The molecule has 35 heavy (non-hydrogen) atoms. The number of hydrogen-bond donors (Lipinski definition) is 1. The Labute approximate surface area is 222 Å². The van der Waals surface area contributed by atoms with Gasteiger partial charge < -0.3 is 14.0 Å². The Balaban J connectivity index is 1.40. The smallest absolute Gasteiger partial charge is 0.246 e. The van der Waals surface area contributed by atoms with Crippen molar-refractivity contribution in [3.8, 4) is 0 Å². The van der Waals surface area contributed by atoms with E-state index in [1.807, 2.05) is 49.6 Å². The fraction of sp³-hybridized carbons (Fsp3) is 0.481. The second-order valence-corrected chi connectivity index (χ2v) is 15.2. The van der Waals surface area contributed by atoms with E-state index in [-0.39, 0.29) is 36.2 Å². The van der Waals surface area contributed by atoms with Gasteiger partial charge in [0.25, 0.3) is 0 Å². The molecule has 0 saturated carbocycles. The van der Waals surface area contributed by atoms with Crippen LogP contribution in [0.5, 0.6) is 0 Å². The Hall–Kier alpha value is -1.62. The molecule has 1 fully saturated rings. The van der Waals surface area contributed by atoms with E-state index in [4.69, 9.17) is 4.74 Å². The minimum Gasteiger partial charge on any atom is -0.395 e. The number of aliphatic hydroxyl groups is 1. The lowest BCUT2D eigenvalue weighted by atomic mass is 9.95. The number of aryl methyl sites for hydroxylation is 2. The van der Waals surface area contributed by atoms with Gasteiger partial charge in [0.05, 0.1) is 30.4 Å². The zero-order valence-corrected chi connectivity index (χ0v) is 23.8. The maximum absolute atomic E-state index is 15.4. The Morgan fingerprint density at radius 2 is 1.80 bits per heavy atom. The summed E-state index contributed by atoms with van der Waals surface area (Å²) in [4.78, 5) is 0. The van der Waals surface area contributed by atoms with Gasteiger partial charge in [0.2, 0.25) is 8.41 Å². The van der Waals surface area contributed by atoms with Crippen LogP contribution in [0.15, 0.2) is 60.8 Å². The first-order valence-electron chi connectivity index (χ1n) is 12.4. The molecular weight excluding hydrogens is 572 g/mol. The largest absolute Gasteiger partial charge is 0.395 e. The van der Waals surface area contributed by atoms with E-state index in [1.165, 1.54) is 9.13 Å². The summed E-state index contributed by atoms with van der Waals surface area (Å²) in [6.07, 6.45) is 4.39. The zero-order chi connectivity index (χ0) is 25.0. The summed E-state index contributed by atoms with van der Waals surface area (Å²) < 4.78 is 25.0. The summed E-state index contributed by atoms with van der Waals surface area (Å²) in [6, 6.07) is 18.4. The molecule has 3 aromatic rings.